The first-order valence-electron chi connectivity index (χ1n) is 11.2. The summed E-state index contributed by atoms with van der Waals surface area (Å²) in [4.78, 5) is 30.0. The van der Waals surface area contributed by atoms with Crippen molar-refractivity contribution in [2.75, 3.05) is 37.7 Å². The van der Waals surface area contributed by atoms with Crippen molar-refractivity contribution in [1.29, 1.82) is 0 Å². The van der Waals surface area contributed by atoms with Crippen LogP contribution in [0, 0.1) is 5.92 Å². The van der Waals surface area contributed by atoms with Crippen molar-refractivity contribution < 1.29 is 14.3 Å². The molecule has 0 radical (unpaired) electrons. The van der Waals surface area contributed by atoms with E-state index in [0.717, 1.165) is 37.7 Å². The van der Waals surface area contributed by atoms with Crippen LogP contribution in [0.3, 0.4) is 0 Å². The maximum absolute atomic E-state index is 12.5. The molecule has 31 heavy (non-hydrogen) atoms. The van der Waals surface area contributed by atoms with Crippen LogP contribution in [0.4, 0.5) is 5.69 Å². The summed E-state index contributed by atoms with van der Waals surface area (Å²) in [6, 6.07) is 11.9. The monoisotopic (exact) mass is 441 g/mol. The molecule has 2 fully saturated rings. The Morgan fingerprint density at radius 1 is 1.23 bits per heavy atom. The maximum atomic E-state index is 12.5. The molecule has 2 saturated heterocycles. The maximum Gasteiger partial charge on any atom is 0.258 e. The van der Waals surface area contributed by atoms with Gasteiger partial charge in [-0.2, -0.15) is 0 Å². The molecule has 0 saturated carbocycles. The summed E-state index contributed by atoms with van der Waals surface area (Å²) >= 11 is 1.74. The van der Waals surface area contributed by atoms with Gasteiger partial charge in [-0.05, 0) is 61.8 Å². The molecule has 0 bridgehead atoms. The number of anilines is 1. The minimum absolute atomic E-state index is 0.0361. The molecular formula is C24H31N3O3S. The molecule has 2 amide bonds. The topological polar surface area (TPSA) is 61.9 Å². The molecule has 1 aromatic carbocycles. The lowest BCUT2D eigenvalue weighted by molar-refractivity contribution is -0.123. The lowest BCUT2D eigenvalue weighted by Gasteiger charge is -2.36. The molecule has 3 heterocycles. The number of benzene rings is 1. The third kappa shape index (κ3) is 5.66. The fourth-order valence-corrected chi connectivity index (χ4v) is 5.16. The lowest BCUT2D eigenvalue weighted by Crippen LogP contribution is -2.42. The van der Waals surface area contributed by atoms with E-state index in [-0.39, 0.29) is 24.5 Å². The fourth-order valence-electron chi connectivity index (χ4n) is 4.30. The highest BCUT2D eigenvalue weighted by Crippen LogP contribution is 2.29. The third-order valence-electron chi connectivity index (χ3n) is 6.20. The summed E-state index contributed by atoms with van der Waals surface area (Å²) in [6.45, 7) is 5.73. The first kappa shape index (κ1) is 21.8. The van der Waals surface area contributed by atoms with Crippen LogP contribution >= 0.6 is 11.3 Å². The van der Waals surface area contributed by atoms with Gasteiger partial charge in [0, 0.05) is 36.1 Å². The average Bonchev–Trinajstić information content (AvgIpc) is 3.46. The first-order valence-corrected chi connectivity index (χ1v) is 12.1. The van der Waals surface area contributed by atoms with Crippen molar-refractivity contribution in [3.8, 4) is 5.75 Å². The van der Waals surface area contributed by atoms with Crippen molar-refractivity contribution in [2.45, 2.75) is 38.6 Å². The van der Waals surface area contributed by atoms with Gasteiger partial charge in [0.15, 0.2) is 6.61 Å². The Bertz CT molecular complexity index is 878. The van der Waals surface area contributed by atoms with E-state index in [4.69, 9.17) is 4.74 Å². The molecular weight excluding hydrogens is 410 g/mol. The molecule has 2 aromatic rings. The minimum atomic E-state index is -0.130. The van der Waals surface area contributed by atoms with Crippen LogP contribution in [0.2, 0.25) is 0 Å². The number of nitrogens with zero attached hydrogens (tertiary/aromatic N) is 2. The zero-order valence-electron chi connectivity index (χ0n) is 18.1. The second-order valence-electron chi connectivity index (χ2n) is 8.49. The molecule has 7 heteroatoms. The Balaban J connectivity index is 1.30. The van der Waals surface area contributed by atoms with E-state index in [9.17, 15) is 9.59 Å². The third-order valence-corrected chi connectivity index (χ3v) is 7.17. The van der Waals surface area contributed by atoms with Crippen molar-refractivity contribution >= 4 is 28.8 Å². The van der Waals surface area contributed by atoms with Gasteiger partial charge in [-0.1, -0.05) is 19.1 Å². The van der Waals surface area contributed by atoms with E-state index in [1.807, 2.05) is 24.3 Å². The van der Waals surface area contributed by atoms with Gasteiger partial charge >= 0.3 is 0 Å². The van der Waals surface area contributed by atoms with Gasteiger partial charge in [0.2, 0.25) is 5.91 Å². The van der Waals surface area contributed by atoms with E-state index in [0.29, 0.717) is 18.7 Å². The normalized spacial score (nSPS) is 18.9. The van der Waals surface area contributed by atoms with Gasteiger partial charge in [0.25, 0.3) is 5.91 Å². The summed E-state index contributed by atoms with van der Waals surface area (Å²) in [7, 11) is 0. The van der Waals surface area contributed by atoms with Crippen LogP contribution in [0.25, 0.3) is 0 Å². The van der Waals surface area contributed by atoms with Crippen LogP contribution in [-0.4, -0.2) is 49.5 Å². The Kier molecular flexibility index (Phi) is 7.25. The summed E-state index contributed by atoms with van der Waals surface area (Å²) < 4.78 is 5.72. The van der Waals surface area contributed by atoms with Crippen LogP contribution < -0.4 is 15.0 Å². The number of hydrogen-bond donors (Lipinski definition) is 1. The Morgan fingerprint density at radius 3 is 2.77 bits per heavy atom. The van der Waals surface area contributed by atoms with E-state index in [1.165, 1.54) is 17.7 Å². The van der Waals surface area contributed by atoms with Crippen molar-refractivity contribution in [3.05, 3.63) is 46.7 Å². The minimum Gasteiger partial charge on any atom is -0.484 e. The highest BCUT2D eigenvalue weighted by molar-refractivity contribution is 7.10. The molecule has 0 aliphatic carbocycles. The van der Waals surface area contributed by atoms with Crippen LogP contribution in [-0.2, 0) is 9.59 Å². The second kappa shape index (κ2) is 10.3. The molecule has 1 unspecified atom stereocenters. The predicted molar refractivity (Wildman–Crippen MR) is 124 cm³/mol. The predicted octanol–water partition coefficient (Wildman–Crippen LogP) is 3.84. The largest absolute Gasteiger partial charge is 0.484 e. The quantitative estimate of drug-likeness (QED) is 0.676. The van der Waals surface area contributed by atoms with Crippen LogP contribution in [0.15, 0.2) is 41.8 Å². The molecule has 0 spiro atoms. The molecule has 6 nitrogen and oxygen atoms in total. The van der Waals surface area contributed by atoms with Gasteiger partial charge in [-0.15, -0.1) is 11.3 Å². The fraction of sp³-hybridized carbons (Fsp3) is 0.500. The number of likely N-dealkylation sites (tertiary alicyclic amines) is 1. The summed E-state index contributed by atoms with van der Waals surface area (Å²) in [5.74, 6) is 1.39. The zero-order chi connectivity index (χ0) is 21.6. The van der Waals surface area contributed by atoms with Gasteiger partial charge in [0.05, 0.1) is 6.04 Å². The van der Waals surface area contributed by atoms with Gasteiger partial charge < -0.3 is 15.0 Å². The van der Waals surface area contributed by atoms with Gasteiger partial charge in [0.1, 0.15) is 5.75 Å². The molecule has 4 rings (SSSR count). The lowest BCUT2D eigenvalue weighted by atomic mass is 9.97. The Morgan fingerprint density at radius 2 is 2.06 bits per heavy atom. The van der Waals surface area contributed by atoms with Crippen LogP contribution in [0.1, 0.15) is 43.5 Å². The molecule has 1 aromatic heterocycles. The number of hydrogen-bond acceptors (Lipinski definition) is 5. The number of thiophene rings is 1. The summed E-state index contributed by atoms with van der Waals surface area (Å²) in [5.41, 5.74) is 0.831. The first-order chi connectivity index (χ1) is 15.1. The summed E-state index contributed by atoms with van der Waals surface area (Å²) in [6.07, 6.45) is 3.88. The second-order valence-corrected chi connectivity index (χ2v) is 9.47. The molecule has 1 atom stereocenters. The Labute approximate surface area is 188 Å². The zero-order valence-corrected chi connectivity index (χ0v) is 18.9. The molecule has 1 N–H and O–H groups in total. The van der Waals surface area contributed by atoms with Gasteiger partial charge in [-0.3, -0.25) is 14.5 Å². The van der Waals surface area contributed by atoms with E-state index in [2.05, 4.69) is 34.7 Å². The smallest absolute Gasteiger partial charge is 0.258 e. The van der Waals surface area contributed by atoms with E-state index < -0.39 is 0 Å². The number of piperidine rings is 1. The number of rotatable bonds is 8. The standard InChI is InChI=1S/C24H31N3O3S/c1-18-9-12-26(13-10-18)21(22-7-4-14-31-22)16-25-23(28)17-30-20-6-2-5-19(15-20)27-11-3-8-24(27)29/h2,4-7,14-15,18,21H,3,8-13,16-17H2,1H3,(H,25,28). The van der Waals surface area contributed by atoms with Crippen molar-refractivity contribution in [2.24, 2.45) is 5.92 Å². The SMILES string of the molecule is CC1CCN(C(CNC(=O)COc2cccc(N3CCCC3=O)c2)c2cccs2)CC1. The number of carbonyl (C=O) groups is 2. The number of ether oxygens (including phenoxy) is 1. The Hall–Kier alpha value is -2.38. The average molecular weight is 442 g/mol. The molecule has 2 aliphatic rings. The van der Waals surface area contributed by atoms with Crippen molar-refractivity contribution in [3.63, 3.8) is 0 Å². The van der Waals surface area contributed by atoms with Crippen molar-refractivity contribution in [1.82, 2.24) is 10.2 Å². The molecule has 2 aliphatic heterocycles. The highest BCUT2D eigenvalue weighted by Gasteiger charge is 2.26. The van der Waals surface area contributed by atoms with E-state index in [1.54, 1.807) is 16.2 Å². The summed E-state index contributed by atoms with van der Waals surface area (Å²) in [5, 5.41) is 5.16. The molecule has 166 valence electrons. The van der Waals surface area contributed by atoms with Gasteiger partial charge in [-0.25, -0.2) is 0 Å². The van der Waals surface area contributed by atoms with Crippen LogP contribution in [0.5, 0.6) is 5.75 Å². The number of carbonyl (C=O) groups excluding carboxylic acids is 2. The number of nitrogens with one attached hydrogen (secondary N) is 1. The number of amides is 2. The van der Waals surface area contributed by atoms with E-state index >= 15 is 0 Å². The highest BCUT2D eigenvalue weighted by atomic mass is 32.1.